The lowest BCUT2D eigenvalue weighted by Gasteiger charge is -2.05. The van der Waals surface area contributed by atoms with Gasteiger partial charge >= 0.3 is 0 Å². The van der Waals surface area contributed by atoms with Crippen molar-refractivity contribution in [2.75, 3.05) is 0 Å². The van der Waals surface area contributed by atoms with Gasteiger partial charge in [0, 0.05) is 0 Å². The number of nitrogens with zero attached hydrogens (tertiary/aromatic N) is 7. The minimum atomic E-state index is -0.352. The van der Waals surface area contributed by atoms with E-state index >= 15 is 0 Å². The molecule has 0 aliphatic heterocycles. The van der Waals surface area contributed by atoms with Crippen molar-refractivity contribution in [2.45, 2.75) is 6.54 Å². The van der Waals surface area contributed by atoms with Gasteiger partial charge in [-0.1, -0.05) is 41.6 Å². The summed E-state index contributed by atoms with van der Waals surface area (Å²) in [6.07, 6.45) is 1.57. The molecule has 128 valence electrons. The van der Waals surface area contributed by atoms with Gasteiger partial charge in [0.2, 0.25) is 0 Å². The minimum absolute atomic E-state index is 0.166. The van der Waals surface area contributed by atoms with E-state index in [1.807, 2.05) is 60.7 Å². The number of carbonyl (C=O) groups excluding carboxylic acids is 1. The number of hydrogen-bond donors (Lipinski definition) is 1. The van der Waals surface area contributed by atoms with Gasteiger partial charge in [0.15, 0.2) is 11.5 Å². The second-order valence-corrected chi connectivity index (χ2v) is 5.41. The Morgan fingerprint density at radius 3 is 2.31 bits per heavy atom. The van der Waals surface area contributed by atoms with Crippen LogP contribution in [0, 0.1) is 0 Å². The highest BCUT2D eigenvalue weighted by Gasteiger charge is 2.14. The first kappa shape index (κ1) is 15.6. The topological polar surface area (TPSA) is 103 Å². The predicted molar refractivity (Wildman–Crippen MR) is 91.7 cm³/mol. The fourth-order valence-electron chi connectivity index (χ4n) is 2.41. The van der Waals surface area contributed by atoms with Gasteiger partial charge in [-0.3, -0.25) is 4.79 Å². The molecule has 0 atom stereocenters. The molecular weight excluding hydrogens is 332 g/mol. The first-order chi connectivity index (χ1) is 12.8. The normalized spacial score (nSPS) is 10.6. The van der Waals surface area contributed by atoms with E-state index in [2.05, 4.69) is 31.2 Å². The Labute approximate surface area is 148 Å². The van der Waals surface area contributed by atoms with Gasteiger partial charge in [-0.25, -0.2) is 4.68 Å². The third kappa shape index (κ3) is 3.18. The van der Waals surface area contributed by atoms with Crippen LogP contribution in [0.1, 0.15) is 16.3 Å². The molecule has 1 N–H and O–H groups in total. The summed E-state index contributed by atoms with van der Waals surface area (Å²) in [5.74, 6) is 0.162. The standard InChI is InChI=1S/C17H14N8O/c26-17(15-12-24(22-19-15)13-7-3-1-4-8-13)18-11-16-20-21-23-25(16)14-9-5-2-6-10-14/h1-10,12H,11H2,(H,18,26). The molecule has 2 aromatic carbocycles. The van der Waals surface area contributed by atoms with E-state index in [0.717, 1.165) is 11.4 Å². The maximum absolute atomic E-state index is 12.3. The second-order valence-electron chi connectivity index (χ2n) is 5.41. The largest absolute Gasteiger partial charge is 0.343 e. The first-order valence-corrected chi connectivity index (χ1v) is 7.90. The van der Waals surface area contributed by atoms with Gasteiger partial charge in [0.1, 0.15) is 0 Å². The number of amides is 1. The van der Waals surface area contributed by atoms with Crippen molar-refractivity contribution >= 4 is 5.91 Å². The molecule has 0 spiro atoms. The van der Waals surface area contributed by atoms with E-state index in [1.54, 1.807) is 15.6 Å². The lowest BCUT2D eigenvalue weighted by atomic mass is 10.3. The summed E-state index contributed by atoms with van der Waals surface area (Å²) < 4.78 is 3.12. The van der Waals surface area contributed by atoms with Crippen molar-refractivity contribution in [3.05, 3.63) is 78.4 Å². The number of para-hydroxylation sites is 2. The molecule has 2 heterocycles. The van der Waals surface area contributed by atoms with Gasteiger partial charge in [0.25, 0.3) is 5.91 Å². The third-order valence-corrected chi connectivity index (χ3v) is 3.69. The summed E-state index contributed by atoms with van der Waals surface area (Å²) in [6.45, 7) is 0.166. The van der Waals surface area contributed by atoms with Crippen LogP contribution >= 0.6 is 0 Å². The molecule has 0 radical (unpaired) electrons. The van der Waals surface area contributed by atoms with Crippen molar-refractivity contribution in [1.82, 2.24) is 40.5 Å². The lowest BCUT2D eigenvalue weighted by Crippen LogP contribution is -2.25. The van der Waals surface area contributed by atoms with Crippen molar-refractivity contribution < 1.29 is 4.79 Å². The fraction of sp³-hybridized carbons (Fsp3) is 0.0588. The van der Waals surface area contributed by atoms with Crippen LogP contribution in [0.2, 0.25) is 0 Å². The molecule has 4 aromatic rings. The summed E-state index contributed by atoms with van der Waals surface area (Å²) in [5, 5.41) is 22.2. The molecule has 0 aliphatic rings. The zero-order valence-corrected chi connectivity index (χ0v) is 13.6. The van der Waals surface area contributed by atoms with Crippen molar-refractivity contribution in [3.8, 4) is 11.4 Å². The number of benzene rings is 2. The molecule has 4 rings (SSSR count). The number of tetrazole rings is 1. The van der Waals surface area contributed by atoms with Crippen LogP contribution in [0.25, 0.3) is 11.4 Å². The molecule has 1 amide bonds. The molecule has 0 bridgehead atoms. The summed E-state index contributed by atoms with van der Waals surface area (Å²) in [4.78, 5) is 12.3. The maximum atomic E-state index is 12.3. The fourth-order valence-corrected chi connectivity index (χ4v) is 2.41. The van der Waals surface area contributed by atoms with E-state index in [0.29, 0.717) is 5.82 Å². The lowest BCUT2D eigenvalue weighted by molar-refractivity contribution is 0.0944. The zero-order chi connectivity index (χ0) is 17.8. The molecule has 2 aromatic heterocycles. The van der Waals surface area contributed by atoms with Crippen molar-refractivity contribution in [1.29, 1.82) is 0 Å². The Bertz CT molecular complexity index is 1010. The van der Waals surface area contributed by atoms with Crippen molar-refractivity contribution in [2.24, 2.45) is 0 Å². The van der Waals surface area contributed by atoms with Crippen LogP contribution in [0.15, 0.2) is 66.9 Å². The van der Waals surface area contributed by atoms with Gasteiger partial charge in [-0.15, -0.1) is 10.2 Å². The number of aromatic nitrogens is 7. The second kappa shape index (κ2) is 6.93. The Morgan fingerprint density at radius 1 is 0.885 bits per heavy atom. The van der Waals surface area contributed by atoms with Crippen LogP contribution in [-0.4, -0.2) is 41.1 Å². The van der Waals surface area contributed by atoms with Crippen molar-refractivity contribution in [3.63, 3.8) is 0 Å². The Morgan fingerprint density at radius 2 is 1.58 bits per heavy atom. The Balaban J connectivity index is 1.46. The Hall–Kier alpha value is -3.88. The van der Waals surface area contributed by atoms with Crippen LogP contribution in [0.3, 0.4) is 0 Å². The van der Waals surface area contributed by atoms with E-state index in [4.69, 9.17) is 0 Å². The minimum Gasteiger partial charge on any atom is -0.343 e. The number of nitrogens with one attached hydrogen (secondary N) is 1. The zero-order valence-electron chi connectivity index (χ0n) is 13.6. The third-order valence-electron chi connectivity index (χ3n) is 3.69. The smallest absolute Gasteiger partial charge is 0.273 e. The molecule has 9 nitrogen and oxygen atoms in total. The molecule has 0 saturated carbocycles. The average molecular weight is 346 g/mol. The SMILES string of the molecule is O=C(NCc1nnnn1-c1ccccc1)c1cn(-c2ccccc2)nn1. The molecule has 26 heavy (non-hydrogen) atoms. The van der Waals surface area contributed by atoms with Gasteiger partial charge in [0.05, 0.1) is 24.1 Å². The van der Waals surface area contributed by atoms with E-state index in [1.165, 1.54) is 0 Å². The monoisotopic (exact) mass is 346 g/mol. The highest BCUT2D eigenvalue weighted by Crippen LogP contribution is 2.08. The number of carbonyl (C=O) groups is 1. The van der Waals surface area contributed by atoms with Crippen LogP contribution in [-0.2, 0) is 6.54 Å². The molecule has 0 saturated heterocycles. The first-order valence-electron chi connectivity index (χ1n) is 7.90. The number of rotatable bonds is 5. The van der Waals surface area contributed by atoms with Gasteiger partial charge in [-0.05, 0) is 34.7 Å². The molecule has 0 unspecified atom stereocenters. The van der Waals surface area contributed by atoms with Gasteiger partial charge < -0.3 is 5.32 Å². The molecular formula is C17H14N8O. The van der Waals surface area contributed by atoms with Gasteiger partial charge in [-0.2, -0.15) is 4.68 Å². The van der Waals surface area contributed by atoms with Crippen LogP contribution < -0.4 is 5.32 Å². The maximum Gasteiger partial charge on any atom is 0.273 e. The van der Waals surface area contributed by atoms with Crippen LogP contribution in [0.5, 0.6) is 0 Å². The average Bonchev–Trinajstić information content (AvgIpc) is 3.37. The molecule has 0 aliphatic carbocycles. The number of hydrogen-bond acceptors (Lipinski definition) is 6. The highest BCUT2D eigenvalue weighted by molar-refractivity contribution is 5.91. The quantitative estimate of drug-likeness (QED) is 0.582. The summed E-state index contributed by atoms with van der Waals surface area (Å²) in [6, 6.07) is 18.9. The molecule has 0 fully saturated rings. The van der Waals surface area contributed by atoms with E-state index in [-0.39, 0.29) is 18.1 Å². The Kier molecular flexibility index (Phi) is 4.17. The summed E-state index contributed by atoms with van der Waals surface area (Å²) in [7, 11) is 0. The summed E-state index contributed by atoms with van der Waals surface area (Å²) in [5.41, 5.74) is 1.86. The van der Waals surface area contributed by atoms with E-state index in [9.17, 15) is 4.79 Å². The predicted octanol–water partition coefficient (Wildman–Crippen LogP) is 1.17. The van der Waals surface area contributed by atoms with Crippen LogP contribution in [0.4, 0.5) is 0 Å². The molecule has 9 heteroatoms. The summed E-state index contributed by atoms with van der Waals surface area (Å²) >= 11 is 0. The highest BCUT2D eigenvalue weighted by atomic mass is 16.2. The van der Waals surface area contributed by atoms with E-state index < -0.39 is 0 Å².